The van der Waals surface area contributed by atoms with Crippen LogP contribution in [0.2, 0.25) is 0 Å². The van der Waals surface area contributed by atoms with Gasteiger partial charge >= 0.3 is 0 Å². The van der Waals surface area contributed by atoms with Crippen LogP contribution in [0.3, 0.4) is 0 Å². The molecule has 0 spiro atoms. The molecule has 2 aliphatic carbocycles. The fourth-order valence-corrected chi connectivity index (χ4v) is 5.83. The Hall–Kier alpha value is -3.50. The van der Waals surface area contributed by atoms with E-state index in [1.807, 2.05) is 6.08 Å². The SMILES string of the molecule is COc1cc(C=C[C@H]2C3=CC[C@@H]4C(=O)N(O)C(=O)[C@@H]4[C@@H]3C[C@H]3C(=O)N(O)C(=O)[C@@H]23)ccc1O. The molecule has 0 aromatic heterocycles. The summed E-state index contributed by atoms with van der Waals surface area (Å²) in [6, 6.07) is 4.73. The van der Waals surface area contributed by atoms with Gasteiger partial charge < -0.3 is 9.84 Å². The van der Waals surface area contributed by atoms with Gasteiger partial charge in [-0.2, -0.15) is 10.1 Å². The molecule has 3 N–H and O–H groups in total. The number of benzene rings is 1. The van der Waals surface area contributed by atoms with E-state index in [0.717, 1.165) is 5.57 Å². The van der Waals surface area contributed by atoms with Gasteiger partial charge in [-0.1, -0.05) is 29.9 Å². The number of hydroxylamine groups is 4. The van der Waals surface area contributed by atoms with E-state index in [2.05, 4.69) is 0 Å². The summed E-state index contributed by atoms with van der Waals surface area (Å²) in [5.41, 5.74) is 1.41. The number of hydrogen-bond donors (Lipinski definition) is 3. The van der Waals surface area contributed by atoms with Gasteiger partial charge in [0, 0.05) is 5.92 Å². The van der Waals surface area contributed by atoms with Crippen LogP contribution in [0, 0.1) is 35.5 Å². The van der Waals surface area contributed by atoms with E-state index in [0.29, 0.717) is 5.56 Å². The highest BCUT2D eigenvalue weighted by Gasteiger charge is 2.61. The van der Waals surface area contributed by atoms with Crippen LogP contribution < -0.4 is 4.74 Å². The number of rotatable bonds is 3. The summed E-state index contributed by atoms with van der Waals surface area (Å²) in [7, 11) is 1.42. The Balaban J connectivity index is 1.56. The molecule has 0 bridgehead atoms. The van der Waals surface area contributed by atoms with E-state index in [1.54, 1.807) is 24.3 Å². The molecular formula is C23H22N2O8. The van der Waals surface area contributed by atoms with Crippen molar-refractivity contribution in [3.8, 4) is 11.5 Å². The van der Waals surface area contributed by atoms with Crippen LogP contribution in [0.15, 0.2) is 35.9 Å². The summed E-state index contributed by atoms with van der Waals surface area (Å²) in [6.45, 7) is 0. The third-order valence-corrected chi connectivity index (χ3v) is 7.36. The zero-order chi connectivity index (χ0) is 23.6. The lowest BCUT2D eigenvalue weighted by Crippen LogP contribution is -2.43. The zero-order valence-electron chi connectivity index (χ0n) is 17.6. The summed E-state index contributed by atoms with van der Waals surface area (Å²) in [4.78, 5) is 50.3. The molecule has 33 heavy (non-hydrogen) atoms. The maximum atomic E-state index is 12.8. The van der Waals surface area contributed by atoms with E-state index >= 15 is 0 Å². The lowest BCUT2D eigenvalue weighted by Gasteiger charge is -2.42. The van der Waals surface area contributed by atoms with Crippen LogP contribution in [-0.4, -0.2) is 56.4 Å². The molecule has 1 aromatic rings. The second-order valence-electron chi connectivity index (χ2n) is 8.84. The average molecular weight is 454 g/mol. The van der Waals surface area contributed by atoms with E-state index < -0.39 is 59.1 Å². The quantitative estimate of drug-likeness (QED) is 0.353. The Morgan fingerprint density at radius 2 is 1.61 bits per heavy atom. The van der Waals surface area contributed by atoms with Crippen molar-refractivity contribution in [1.29, 1.82) is 0 Å². The normalized spacial score (nSPS) is 33.4. The van der Waals surface area contributed by atoms with Gasteiger partial charge in [-0.05, 0) is 36.5 Å². The number of aromatic hydroxyl groups is 1. The van der Waals surface area contributed by atoms with Crippen molar-refractivity contribution < 1.29 is 39.4 Å². The molecule has 1 aromatic carbocycles. The first-order valence-electron chi connectivity index (χ1n) is 10.6. The van der Waals surface area contributed by atoms with Gasteiger partial charge in [0.05, 0.1) is 30.8 Å². The highest BCUT2D eigenvalue weighted by Crippen LogP contribution is 2.55. The minimum Gasteiger partial charge on any atom is -0.504 e. The third-order valence-electron chi connectivity index (χ3n) is 7.36. The first-order valence-corrected chi connectivity index (χ1v) is 10.6. The number of phenolic OH excluding ortho intramolecular Hbond substituents is 1. The van der Waals surface area contributed by atoms with Gasteiger partial charge in [0.2, 0.25) is 0 Å². The number of amides is 4. The number of carbonyl (C=O) groups is 4. The van der Waals surface area contributed by atoms with Crippen LogP contribution in [0.1, 0.15) is 18.4 Å². The average Bonchev–Trinajstić information content (AvgIpc) is 3.17. The van der Waals surface area contributed by atoms with Crippen molar-refractivity contribution in [2.45, 2.75) is 12.8 Å². The molecule has 4 amide bonds. The number of carbonyl (C=O) groups excluding carboxylic acids is 4. The smallest absolute Gasteiger partial charge is 0.258 e. The topological polar surface area (TPSA) is 145 Å². The standard InChI is InChI=1S/C23H22N2O8/c1-33-17-8-10(3-7-16(17)26)2-4-12-11-5-6-13-19(23(30)24(31)20(13)27)14(11)9-15-18(12)22(29)25(32)21(15)28/h2-5,7-8,12-15,18-19,26,31-32H,6,9H2,1H3/t12-,13-,14+,15+,18-,19-/m0/s1. The highest BCUT2D eigenvalue weighted by atomic mass is 16.5. The van der Waals surface area contributed by atoms with Crippen LogP contribution >= 0.6 is 0 Å². The lowest BCUT2D eigenvalue weighted by atomic mass is 9.58. The number of nitrogens with zero attached hydrogens (tertiary/aromatic N) is 2. The fraction of sp³-hybridized carbons (Fsp3) is 0.391. The second-order valence-corrected chi connectivity index (χ2v) is 8.84. The minimum atomic E-state index is -0.844. The molecular weight excluding hydrogens is 432 g/mol. The Morgan fingerprint density at radius 3 is 2.30 bits per heavy atom. The number of methoxy groups -OCH3 is 1. The summed E-state index contributed by atoms with van der Waals surface area (Å²) < 4.78 is 5.13. The molecule has 10 nitrogen and oxygen atoms in total. The molecule has 5 rings (SSSR count). The predicted molar refractivity (Wildman–Crippen MR) is 109 cm³/mol. The molecule has 172 valence electrons. The lowest BCUT2D eigenvalue weighted by molar-refractivity contribution is -0.174. The number of imide groups is 2. The summed E-state index contributed by atoms with van der Waals surface area (Å²) in [5.74, 6) is -6.90. The van der Waals surface area contributed by atoms with Crippen LogP contribution in [0.5, 0.6) is 11.5 Å². The van der Waals surface area contributed by atoms with E-state index in [4.69, 9.17) is 4.74 Å². The van der Waals surface area contributed by atoms with Crippen molar-refractivity contribution in [1.82, 2.24) is 10.1 Å². The minimum absolute atomic E-state index is 0.0288. The predicted octanol–water partition coefficient (Wildman–Crippen LogP) is 1.36. The van der Waals surface area contributed by atoms with Gasteiger partial charge in [0.25, 0.3) is 23.6 Å². The van der Waals surface area contributed by atoms with Gasteiger partial charge in [-0.15, -0.1) is 0 Å². The number of phenols is 1. The van der Waals surface area contributed by atoms with E-state index in [-0.39, 0.29) is 34.5 Å². The second kappa shape index (κ2) is 7.53. The molecule has 2 heterocycles. The van der Waals surface area contributed by atoms with Crippen LogP contribution in [0.4, 0.5) is 0 Å². The van der Waals surface area contributed by atoms with Crippen LogP contribution in [0.25, 0.3) is 6.08 Å². The maximum Gasteiger partial charge on any atom is 0.258 e. The third kappa shape index (κ3) is 3.01. The fourth-order valence-electron chi connectivity index (χ4n) is 5.83. The molecule has 0 unspecified atom stereocenters. The molecule has 1 saturated carbocycles. The van der Waals surface area contributed by atoms with Gasteiger partial charge in [-0.25, -0.2) is 0 Å². The van der Waals surface area contributed by atoms with E-state index in [1.165, 1.54) is 13.2 Å². The Bertz CT molecular complexity index is 1140. The molecule has 4 aliphatic rings. The summed E-state index contributed by atoms with van der Waals surface area (Å²) in [6.07, 6.45) is 5.64. The van der Waals surface area contributed by atoms with Crippen molar-refractivity contribution in [3.05, 3.63) is 41.5 Å². The molecule has 2 saturated heterocycles. The Kier molecular flexibility index (Phi) is 4.87. The summed E-state index contributed by atoms with van der Waals surface area (Å²) >= 11 is 0. The molecule has 3 fully saturated rings. The Labute approximate surface area is 188 Å². The molecule has 10 heteroatoms. The molecule has 0 radical (unpaired) electrons. The van der Waals surface area contributed by atoms with Crippen LogP contribution in [-0.2, 0) is 19.2 Å². The maximum absolute atomic E-state index is 12.8. The van der Waals surface area contributed by atoms with Crippen molar-refractivity contribution in [2.75, 3.05) is 7.11 Å². The number of hydrogen-bond acceptors (Lipinski definition) is 8. The number of allylic oxidation sites excluding steroid dienone is 3. The number of ether oxygens (including phenoxy) is 1. The monoisotopic (exact) mass is 454 g/mol. The van der Waals surface area contributed by atoms with Crippen molar-refractivity contribution >= 4 is 29.7 Å². The first-order chi connectivity index (χ1) is 15.7. The summed E-state index contributed by atoms with van der Waals surface area (Å²) in [5, 5.41) is 30.1. The van der Waals surface area contributed by atoms with Crippen molar-refractivity contribution in [2.24, 2.45) is 35.5 Å². The Morgan fingerprint density at radius 1 is 0.939 bits per heavy atom. The van der Waals surface area contributed by atoms with Gasteiger partial charge in [0.1, 0.15) is 0 Å². The zero-order valence-corrected chi connectivity index (χ0v) is 17.6. The van der Waals surface area contributed by atoms with Gasteiger partial charge in [-0.3, -0.25) is 29.6 Å². The molecule has 2 aliphatic heterocycles. The first kappa shape index (κ1) is 21.4. The highest BCUT2D eigenvalue weighted by molar-refractivity contribution is 6.06. The number of fused-ring (bicyclic) bond motifs is 4. The molecule has 6 atom stereocenters. The van der Waals surface area contributed by atoms with Gasteiger partial charge in [0.15, 0.2) is 11.5 Å². The van der Waals surface area contributed by atoms with E-state index in [9.17, 15) is 34.7 Å². The largest absolute Gasteiger partial charge is 0.504 e. The van der Waals surface area contributed by atoms with Crippen molar-refractivity contribution in [3.63, 3.8) is 0 Å².